The van der Waals surface area contributed by atoms with E-state index >= 15 is 0 Å². The van der Waals surface area contributed by atoms with Gasteiger partial charge in [0.25, 0.3) is 5.56 Å². The first-order valence-electron chi connectivity index (χ1n) is 10.2. The first-order valence-corrected chi connectivity index (χ1v) is 11.1. The van der Waals surface area contributed by atoms with Gasteiger partial charge in [-0.1, -0.05) is 24.3 Å². The molecule has 0 radical (unpaired) electrons. The fourth-order valence-electron chi connectivity index (χ4n) is 3.35. The molecule has 0 aliphatic heterocycles. The van der Waals surface area contributed by atoms with E-state index in [0.717, 1.165) is 16.9 Å². The Labute approximate surface area is 193 Å². The van der Waals surface area contributed by atoms with Crippen molar-refractivity contribution in [2.24, 2.45) is 0 Å². The summed E-state index contributed by atoms with van der Waals surface area (Å²) in [6.45, 7) is 1.69. The van der Waals surface area contributed by atoms with Crippen LogP contribution < -0.4 is 15.6 Å². The Morgan fingerprint density at radius 2 is 1.88 bits per heavy atom. The number of hydrogen-bond donors (Lipinski definition) is 1. The lowest BCUT2D eigenvalue weighted by Crippen LogP contribution is -2.28. The molecule has 1 N–H and O–H groups in total. The Morgan fingerprint density at radius 3 is 2.61 bits per heavy atom. The van der Waals surface area contributed by atoms with E-state index in [1.165, 1.54) is 22.2 Å². The number of carbonyl (C=O) groups is 2. The third-order valence-corrected chi connectivity index (χ3v) is 5.91. The molecule has 0 atom stereocenters. The lowest BCUT2D eigenvalue weighted by Gasteiger charge is -2.11. The summed E-state index contributed by atoms with van der Waals surface area (Å²) in [5.41, 5.74) is 2.60. The van der Waals surface area contributed by atoms with Gasteiger partial charge in [0.15, 0.2) is 0 Å². The highest BCUT2D eigenvalue weighted by atomic mass is 32.1. The molecule has 0 unspecified atom stereocenters. The van der Waals surface area contributed by atoms with Gasteiger partial charge in [-0.15, -0.1) is 11.3 Å². The molecule has 33 heavy (non-hydrogen) atoms. The van der Waals surface area contributed by atoms with Gasteiger partial charge in [-0.05, 0) is 36.8 Å². The van der Waals surface area contributed by atoms with Gasteiger partial charge in [0.2, 0.25) is 5.91 Å². The maximum atomic E-state index is 13.0. The van der Waals surface area contributed by atoms with E-state index < -0.39 is 11.9 Å². The molecule has 0 aliphatic carbocycles. The second kappa shape index (κ2) is 9.66. The molecular formula is C24H21N3O5S. The Morgan fingerprint density at radius 1 is 1.12 bits per heavy atom. The number of ether oxygens (including phenoxy) is 2. The maximum absolute atomic E-state index is 13.0. The highest BCUT2D eigenvalue weighted by molar-refractivity contribution is 7.17. The minimum absolute atomic E-state index is 0.224. The predicted molar refractivity (Wildman–Crippen MR) is 127 cm³/mol. The topological polar surface area (TPSA) is 99.5 Å². The number of aromatic nitrogens is 2. The van der Waals surface area contributed by atoms with Crippen LogP contribution in [0.3, 0.4) is 0 Å². The monoisotopic (exact) mass is 463 g/mol. The second-order valence-corrected chi connectivity index (χ2v) is 7.93. The van der Waals surface area contributed by atoms with Gasteiger partial charge >= 0.3 is 5.97 Å². The Hall–Kier alpha value is -3.98. The molecule has 2 aromatic heterocycles. The summed E-state index contributed by atoms with van der Waals surface area (Å²) >= 11 is 1.28. The zero-order chi connectivity index (χ0) is 23.4. The number of hydrogen-bond acceptors (Lipinski definition) is 7. The van der Waals surface area contributed by atoms with Crippen molar-refractivity contribution in [3.8, 4) is 16.9 Å². The Bertz CT molecular complexity index is 1380. The molecule has 0 aliphatic rings. The van der Waals surface area contributed by atoms with Crippen molar-refractivity contribution in [2.75, 3.05) is 19.0 Å². The number of thiophene rings is 1. The molecule has 4 rings (SSSR count). The molecule has 2 heterocycles. The minimum Gasteiger partial charge on any atom is -0.497 e. The molecule has 9 heteroatoms. The van der Waals surface area contributed by atoms with Crippen molar-refractivity contribution < 1.29 is 19.1 Å². The van der Waals surface area contributed by atoms with Gasteiger partial charge in [-0.3, -0.25) is 14.2 Å². The standard InChI is InChI=1S/C24H21N3O5S/c1-3-32-24(30)17-6-4-5-7-19(17)26-20(28)12-27-14-25-21-18(13-33-22(21)23(27)29)15-8-10-16(31-2)11-9-15/h4-11,13-14H,3,12H2,1-2H3,(H,26,28). The summed E-state index contributed by atoms with van der Waals surface area (Å²) < 4.78 is 11.9. The molecule has 0 fully saturated rings. The van der Waals surface area contributed by atoms with Gasteiger partial charge < -0.3 is 14.8 Å². The minimum atomic E-state index is -0.529. The van der Waals surface area contributed by atoms with Crippen molar-refractivity contribution in [1.82, 2.24) is 9.55 Å². The normalized spacial score (nSPS) is 10.7. The number of methoxy groups -OCH3 is 1. The van der Waals surface area contributed by atoms with E-state index in [1.54, 1.807) is 38.3 Å². The fraction of sp³-hybridized carbons (Fsp3) is 0.167. The number of carbonyl (C=O) groups excluding carboxylic acids is 2. The highest BCUT2D eigenvalue weighted by Crippen LogP contribution is 2.31. The molecule has 0 spiro atoms. The number of fused-ring (bicyclic) bond motifs is 1. The molecule has 0 bridgehead atoms. The molecular weight excluding hydrogens is 442 g/mol. The first kappa shape index (κ1) is 22.2. The van der Waals surface area contributed by atoms with Gasteiger partial charge in [-0.25, -0.2) is 9.78 Å². The quantitative estimate of drug-likeness (QED) is 0.417. The first-order chi connectivity index (χ1) is 16.0. The van der Waals surface area contributed by atoms with Crippen LogP contribution in [-0.2, 0) is 16.1 Å². The van der Waals surface area contributed by atoms with Gasteiger partial charge in [0.1, 0.15) is 17.0 Å². The van der Waals surface area contributed by atoms with E-state index in [1.807, 2.05) is 29.6 Å². The van der Waals surface area contributed by atoms with Crippen LogP contribution in [-0.4, -0.2) is 35.1 Å². The number of anilines is 1. The highest BCUT2D eigenvalue weighted by Gasteiger charge is 2.17. The van der Waals surface area contributed by atoms with Gasteiger partial charge in [0, 0.05) is 10.9 Å². The van der Waals surface area contributed by atoms with Crippen molar-refractivity contribution in [3.63, 3.8) is 0 Å². The number of rotatable bonds is 7. The summed E-state index contributed by atoms with van der Waals surface area (Å²) in [6, 6.07) is 14.1. The summed E-state index contributed by atoms with van der Waals surface area (Å²) in [6.07, 6.45) is 1.36. The average molecular weight is 464 g/mol. The Kier molecular flexibility index (Phi) is 6.50. The van der Waals surface area contributed by atoms with Gasteiger partial charge in [-0.2, -0.15) is 0 Å². The number of nitrogens with one attached hydrogen (secondary N) is 1. The lowest BCUT2D eigenvalue weighted by molar-refractivity contribution is -0.116. The molecule has 4 aromatic rings. The van der Waals surface area contributed by atoms with Crippen LogP contribution in [0.1, 0.15) is 17.3 Å². The molecule has 168 valence electrons. The van der Waals surface area contributed by atoms with E-state index in [0.29, 0.717) is 15.9 Å². The summed E-state index contributed by atoms with van der Waals surface area (Å²) in [7, 11) is 1.60. The Balaban J connectivity index is 1.56. The molecule has 2 aromatic carbocycles. The van der Waals surface area contributed by atoms with E-state index in [9.17, 15) is 14.4 Å². The van der Waals surface area contributed by atoms with Crippen molar-refractivity contribution >= 4 is 39.1 Å². The molecule has 1 amide bonds. The largest absolute Gasteiger partial charge is 0.497 e. The smallest absolute Gasteiger partial charge is 0.340 e. The third-order valence-electron chi connectivity index (χ3n) is 4.96. The predicted octanol–water partition coefficient (Wildman–Crippen LogP) is 3.95. The lowest BCUT2D eigenvalue weighted by atomic mass is 10.1. The van der Waals surface area contributed by atoms with E-state index in [2.05, 4.69) is 10.3 Å². The number of benzene rings is 2. The number of para-hydroxylation sites is 1. The van der Waals surface area contributed by atoms with Crippen LogP contribution in [0, 0.1) is 0 Å². The zero-order valence-corrected chi connectivity index (χ0v) is 18.8. The van der Waals surface area contributed by atoms with Crippen LogP contribution in [0.15, 0.2) is 65.0 Å². The second-order valence-electron chi connectivity index (χ2n) is 7.05. The number of amides is 1. The van der Waals surface area contributed by atoms with Crippen molar-refractivity contribution in [1.29, 1.82) is 0 Å². The maximum Gasteiger partial charge on any atom is 0.340 e. The molecule has 8 nitrogen and oxygen atoms in total. The summed E-state index contributed by atoms with van der Waals surface area (Å²) in [5, 5.41) is 4.56. The molecule has 0 saturated carbocycles. The third kappa shape index (κ3) is 4.63. The van der Waals surface area contributed by atoms with Gasteiger partial charge in [0.05, 0.1) is 36.8 Å². The zero-order valence-electron chi connectivity index (χ0n) is 18.0. The van der Waals surface area contributed by atoms with E-state index in [-0.39, 0.29) is 24.3 Å². The van der Waals surface area contributed by atoms with Crippen molar-refractivity contribution in [2.45, 2.75) is 13.5 Å². The summed E-state index contributed by atoms with van der Waals surface area (Å²) in [4.78, 5) is 42.2. The van der Waals surface area contributed by atoms with E-state index in [4.69, 9.17) is 9.47 Å². The fourth-order valence-corrected chi connectivity index (χ4v) is 4.33. The van der Waals surface area contributed by atoms with Crippen molar-refractivity contribution in [3.05, 3.63) is 76.2 Å². The molecule has 0 saturated heterocycles. The van der Waals surface area contributed by atoms with Crippen LogP contribution in [0.2, 0.25) is 0 Å². The SMILES string of the molecule is CCOC(=O)c1ccccc1NC(=O)Cn1cnc2c(-c3ccc(OC)cc3)csc2c1=O. The van der Waals surface area contributed by atoms with Crippen LogP contribution in [0.4, 0.5) is 5.69 Å². The van der Waals surface area contributed by atoms with Crippen LogP contribution >= 0.6 is 11.3 Å². The number of nitrogens with zero attached hydrogens (tertiary/aromatic N) is 2. The average Bonchev–Trinajstić information content (AvgIpc) is 3.26. The van der Waals surface area contributed by atoms with Crippen LogP contribution in [0.25, 0.3) is 21.3 Å². The summed E-state index contributed by atoms with van der Waals surface area (Å²) in [5.74, 6) is -0.246. The number of esters is 1. The van der Waals surface area contributed by atoms with Crippen LogP contribution in [0.5, 0.6) is 5.75 Å².